The molecule has 28 heavy (non-hydrogen) atoms. The maximum absolute atomic E-state index is 11.3. The van der Waals surface area contributed by atoms with Gasteiger partial charge in [-0.25, -0.2) is 4.98 Å². The molecule has 0 fully saturated rings. The Labute approximate surface area is 161 Å². The molecule has 0 atom stereocenters. The van der Waals surface area contributed by atoms with Crippen molar-refractivity contribution in [2.24, 2.45) is 0 Å². The fraction of sp³-hybridized carbons (Fsp3) is 0.0455. The molecular weight excluding hydrogens is 354 g/mol. The van der Waals surface area contributed by atoms with E-state index in [4.69, 9.17) is 4.74 Å². The summed E-state index contributed by atoms with van der Waals surface area (Å²) in [4.78, 5) is 20.4. The number of carbonyl (C=O) groups is 1. The number of carbonyl (C=O) groups excluding carboxylic acids is 1. The molecule has 4 rings (SSSR count). The van der Waals surface area contributed by atoms with Crippen LogP contribution in [0.15, 0.2) is 72.8 Å². The van der Waals surface area contributed by atoms with Gasteiger partial charge in [0.25, 0.3) is 0 Å². The smallest absolute Gasteiger partial charge is 0.230 e. The van der Waals surface area contributed by atoms with Gasteiger partial charge in [-0.05, 0) is 36.4 Å². The Morgan fingerprint density at radius 2 is 1.75 bits per heavy atom. The molecule has 0 bridgehead atoms. The zero-order chi connectivity index (χ0) is 19.5. The number of ether oxygens (including phenoxy) is 1. The maximum Gasteiger partial charge on any atom is 0.230 e. The Morgan fingerprint density at radius 3 is 2.57 bits per heavy atom. The molecule has 4 aromatic rings. The Morgan fingerprint density at radius 1 is 0.964 bits per heavy atom. The van der Waals surface area contributed by atoms with Crippen molar-refractivity contribution in [1.29, 1.82) is 0 Å². The molecule has 0 saturated carbocycles. The van der Waals surface area contributed by atoms with E-state index < -0.39 is 0 Å². The van der Waals surface area contributed by atoms with Crippen LogP contribution >= 0.6 is 0 Å². The second kappa shape index (κ2) is 7.36. The molecule has 0 radical (unpaired) electrons. The van der Waals surface area contributed by atoms with E-state index >= 15 is 0 Å². The van der Waals surface area contributed by atoms with Gasteiger partial charge in [0.2, 0.25) is 11.8 Å². The summed E-state index contributed by atoms with van der Waals surface area (Å²) in [5, 5.41) is 13.6. The number of nitrogens with zero attached hydrogens (tertiary/aromatic N) is 2. The third-order valence-electron chi connectivity index (χ3n) is 4.08. The first kappa shape index (κ1) is 17.5. The summed E-state index contributed by atoms with van der Waals surface area (Å²) >= 11 is 0. The molecule has 0 aliphatic carbocycles. The van der Waals surface area contributed by atoms with Crippen molar-refractivity contribution in [3.63, 3.8) is 0 Å². The van der Waals surface area contributed by atoms with Gasteiger partial charge in [-0.2, -0.15) is 4.98 Å². The van der Waals surface area contributed by atoms with Crippen molar-refractivity contribution in [2.45, 2.75) is 6.92 Å². The number of para-hydroxylation sites is 2. The van der Waals surface area contributed by atoms with Gasteiger partial charge in [-0.15, -0.1) is 0 Å². The molecule has 1 heterocycles. The minimum absolute atomic E-state index is 0.0939. The first-order chi connectivity index (χ1) is 13.6. The zero-order valence-electron chi connectivity index (χ0n) is 15.1. The van der Waals surface area contributed by atoms with Gasteiger partial charge in [-0.3, -0.25) is 4.79 Å². The number of benzene rings is 3. The first-order valence-corrected chi connectivity index (χ1v) is 8.71. The second-order valence-electron chi connectivity index (χ2n) is 6.20. The maximum atomic E-state index is 11.3. The fourth-order valence-electron chi connectivity index (χ4n) is 2.86. The quantitative estimate of drug-likeness (QED) is 0.541. The van der Waals surface area contributed by atoms with Crippen LogP contribution in [0, 0.1) is 0 Å². The third kappa shape index (κ3) is 3.61. The largest absolute Gasteiger partial charge is 0.507 e. The minimum atomic E-state index is -0.161. The molecule has 138 valence electrons. The number of aromatic nitrogens is 2. The lowest BCUT2D eigenvalue weighted by Gasteiger charge is -2.11. The number of phenolic OH excluding ortho intramolecular Hbond substituents is 1. The van der Waals surface area contributed by atoms with Crippen molar-refractivity contribution in [2.75, 3.05) is 5.32 Å². The lowest BCUT2D eigenvalue weighted by Crippen LogP contribution is -2.05. The number of hydrogen-bond acceptors (Lipinski definition) is 5. The van der Waals surface area contributed by atoms with Crippen LogP contribution in [-0.2, 0) is 4.79 Å². The van der Waals surface area contributed by atoms with Crippen LogP contribution in [0.5, 0.6) is 17.4 Å². The first-order valence-electron chi connectivity index (χ1n) is 8.71. The van der Waals surface area contributed by atoms with Crippen LogP contribution in [0.4, 0.5) is 5.69 Å². The van der Waals surface area contributed by atoms with E-state index in [1.807, 2.05) is 30.3 Å². The molecule has 1 amide bonds. The number of rotatable bonds is 4. The van der Waals surface area contributed by atoms with E-state index in [0.29, 0.717) is 34.2 Å². The van der Waals surface area contributed by atoms with E-state index in [-0.39, 0.29) is 11.7 Å². The summed E-state index contributed by atoms with van der Waals surface area (Å²) in [7, 11) is 0. The summed E-state index contributed by atoms with van der Waals surface area (Å²) in [6, 6.07) is 21.4. The predicted octanol–water partition coefficient (Wildman–Crippen LogP) is 4.75. The van der Waals surface area contributed by atoms with Crippen molar-refractivity contribution < 1.29 is 14.6 Å². The highest BCUT2D eigenvalue weighted by Gasteiger charge is 2.13. The second-order valence-corrected chi connectivity index (χ2v) is 6.20. The normalized spacial score (nSPS) is 10.6. The van der Waals surface area contributed by atoms with E-state index in [1.54, 1.807) is 42.5 Å². The van der Waals surface area contributed by atoms with Crippen molar-refractivity contribution >= 4 is 22.5 Å². The fourth-order valence-corrected chi connectivity index (χ4v) is 2.86. The number of anilines is 1. The molecular formula is C22H17N3O3. The van der Waals surface area contributed by atoms with Crippen molar-refractivity contribution in [3.8, 4) is 28.8 Å². The van der Waals surface area contributed by atoms with Gasteiger partial charge in [-0.1, -0.05) is 30.3 Å². The van der Waals surface area contributed by atoms with Gasteiger partial charge < -0.3 is 15.2 Å². The summed E-state index contributed by atoms with van der Waals surface area (Å²) in [6.45, 7) is 1.45. The van der Waals surface area contributed by atoms with Crippen LogP contribution in [0.3, 0.4) is 0 Å². The van der Waals surface area contributed by atoms with Crippen LogP contribution in [0.25, 0.3) is 22.3 Å². The van der Waals surface area contributed by atoms with Crippen LogP contribution in [0.2, 0.25) is 0 Å². The Balaban J connectivity index is 1.80. The Hall–Kier alpha value is -3.93. The number of amides is 1. The van der Waals surface area contributed by atoms with Crippen LogP contribution < -0.4 is 10.1 Å². The van der Waals surface area contributed by atoms with E-state index in [0.717, 1.165) is 5.39 Å². The highest BCUT2D eigenvalue weighted by Crippen LogP contribution is 2.33. The average molecular weight is 371 g/mol. The third-order valence-corrected chi connectivity index (χ3v) is 4.08. The molecule has 3 aromatic carbocycles. The van der Waals surface area contributed by atoms with E-state index in [2.05, 4.69) is 15.3 Å². The standard InChI is InChI=1S/C22H17N3O3/c1-14(26)23-15-7-6-8-16(13-15)28-22-17-9-2-4-11-19(17)24-21(25-22)18-10-3-5-12-20(18)27/h2-13,27H,1H3,(H,23,26). The molecule has 1 aromatic heterocycles. The van der Waals surface area contributed by atoms with Gasteiger partial charge in [0, 0.05) is 18.7 Å². The number of nitrogens with one attached hydrogen (secondary N) is 1. The summed E-state index contributed by atoms with van der Waals surface area (Å²) in [5.41, 5.74) is 1.85. The number of fused-ring (bicyclic) bond motifs is 1. The SMILES string of the molecule is CC(=O)Nc1cccc(Oc2nc(-c3ccccc3O)nc3ccccc23)c1. The van der Waals surface area contributed by atoms with Gasteiger partial charge >= 0.3 is 0 Å². The molecule has 6 nitrogen and oxygen atoms in total. The molecule has 6 heteroatoms. The minimum Gasteiger partial charge on any atom is -0.507 e. The van der Waals surface area contributed by atoms with Crippen LogP contribution in [-0.4, -0.2) is 21.0 Å². The summed E-state index contributed by atoms with van der Waals surface area (Å²) < 4.78 is 6.03. The van der Waals surface area contributed by atoms with Crippen molar-refractivity contribution in [3.05, 3.63) is 72.8 Å². The van der Waals surface area contributed by atoms with E-state index in [1.165, 1.54) is 6.92 Å². The molecule has 0 saturated heterocycles. The van der Waals surface area contributed by atoms with Gasteiger partial charge in [0.1, 0.15) is 11.5 Å². The van der Waals surface area contributed by atoms with Crippen LogP contribution in [0.1, 0.15) is 6.92 Å². The average Bonchev–Trinajstić information content (AvgIpc) is 2.68. The number of hydrogen-bond donors (Lipinski definition) is 2. The molecule has 0 spiro atoms. The predicted molar refractivity (Wildman–Crippen MR) is 107 cm³/mol. The topological polar surface area (TPSA) is 84.3 Å². The van der Waals surface area contributed by atoms with Gasteiger partial charge in [0.05, 0.1) is 16.5 Å². The zero-order valence-corrected chi connectivity index (χ0v) is 15.1. The molecule has 0 aliphatic rings. The monoisotopic (exact) mass is 371 g/mol. The lowest BCUT2D eigenvalue weighted by molar-refractivity contribution is -0.114. The Bertz CT molecular complexity index is 1170. The number of phenols is 1. The highest BCUT2D eigenvalue weighted by atomic mass is 16.5. The summed E-state index contributed by atoms with van der Waals surface area (Å²) in [5.74, 6) is 1.19. The Kier molecular flexibility index (Phi) is 4.60. The number of aromatic hydroxyl groups is 1. The van der Waals surface area contributed by atoms with Gasteiger partial charge in [0.15, 0.2) is 5.82 Å². The lowest BCUT2D eigenvalue weighted by atomic mass is 10.1. The summed E-state index contributed by atoms with van der Waals surface area (Å²) in [6.07, 6.45) is 0. The molecule has 0 aliphatic heterocycles. The van der Waals surface area contributed by atoms with E-state index in [9.17, 15) is 9.90 Å². The van der Waals surface area contributed by atoms with Crippen molar-refractivity contribution in [1.82, 2.24) is 9.97 Å². The molecule has 0 unspecified atom stereocenters. The highest BCUT2D eigenvalue weighted by molar-refractivity contribution is 5.89. The molecule has 2 N–H and O–H groups in total.